The van der Waals surface area contributed by atoms with Crippen molar-refractivity contribution in [2.75, 3.05) is 52.4 Å². The lowest BCUT2D eigenvalue weighted by Gasteiger charge is -2.36. The number of aryl methyl sites for hydroxylation is 2. The van der Waals surface area contributed by atoms with Gasteiger partial charge in [0.1, 0.15) is 17.0 Å². The molecule has 1 fully saturated rings. The van der Waals surface area contributed by atoms with Gasteiger partial charge in [-0.3, -0.25) is 4.90 Å². The fourth-order valence-corrected chi connectivity index (χ4v) is 6.18. The van der Waals surface area contributed by atoms with E-state index in [0.29, 0.717) is 11.5 Å². The molecule has 2 aromatic heterocycles. The largest absolute Gasteiger partial charge is 0.493 e. The molecular formula is C24H30N4O3S. The van der Waals surface area contributed by atoms with Gasteiger partial charge < -0.3 is 19.1 Å². The van der Waals surface area contributed by atoms with Crippen LogP contribution in [0, 0.1) is 0 Å². The van der Waals surface area contributed by atoms with Gasteiger partial charge in [-0.15, -0.1) is 11.3 Å². The number of anilines is 1. The van der Waals surface area contributed by atoms with Crippen molar-refractivity contribution in [3.8, 4) is 17.2 Å². The highest BCUT2D eigenvalue weighted by molar-refractivity contribution is 7.19. The molecule has 0 radical (unpaired) electrons. The molecule has 0 bridgehead atoms. The number of aromatic nitrogens is 2. The molecule has 1 aliphatic carbocycles. The third-order valence-electron chi connectivity index (χ3n) is 6.58. The molecule has 1 saturated heterocycles. The Labute approximate surface area is 192 Å². The molecular weight excluding hydrogens is 424 g/mol. The molecule has 3 aromatic rings. The summed E-state index contributed by atoms with van der Waals surface area (Å²) in [6, 6.07) is 4.02. The summed E-state index contributed by atoms with van der Waals surface area (Å²) in [6.07, 6.45) is 6.65. The van der Waals surface area contributed by atoms with E-state index in [1.165, 1.54) is 35.1 Å². The van der Waals surface area contributed by atoms with Crippen LogP contribution in [-0.4, -0.2) is 62.4 Å². The zero-order valence-electron chi connectivity index (χ0n) is 19.0. The van der Waals surface area contributed by atoms with Crippen LogP contribution in [0.15, 0.2) is 18.5 Å². The molecule has 32 heavy (non-hydrogen) atoms. The molecule has 1 aromatic carbocycles. The van der Waals surface area contributed by atoms with Gasteiger partial charge in [0.25, 0.3) is 0 Å². The number of methoxy groups -OCH3 is 3. The summed E-state index contributed by atoms with van der Waals surface area (Å²) in [5, 5.41) is 1.31. The first-order valence-corrected chi connectivity index (χ1v) is 12.1. The Hall–Kier alpha value is -2.58. The molecule has 0 saturated carbocycles. The van der Waals surface area contributed by atoms with Crippen molar-refractivity contribution in [2.45, 2.75) is 32.2 Å². The van der Waals surface area contributed by atoms with Crippen LogP contribution in [0.1, 0.15) is 28.8 Å². The summed E-state index contributed by atoms with van der Waals surface area (Å²) in [6.45, 7) is 4.65. The summed E-state index contributed by atoms with van der Waals surface area (Å²) in [7, 11) is 4.97. The number of thiophene rings is 1. The maximum Gasteiger partial charge on any atom is 0.203 e. The van der Waals surface area contributed by atoms with E-state index in [0.717, 1.165) is 61.1 Å². The topological polar surface area (TPSA) is 60.0 Å². The zero-order valence-corrected chi connectivity index (χ0v) is 19.8. The van der Waals surface area contributed by atoms with Gasteiger partial charge in [-0.1, -0.05) is 6.07 Å². The lowest BCUT2D eigenvalue weighted by atomic mass is 9.97. The second-order valence-electron chi connectivity index (χ2n) is 8.34. The first kappa shape index (κ1) is 21.3. The van der Waals surface area contributed by atoms with Crippen molar-refractivity contribution >= 4 is 27.4 Å². The fourth-order valence-electron chi connectivity index (χ4n) is 4.96. The van der Waals surface area contributed by atoms with Crippen LogP contribution in [-0.2, 0) is 19.4 Å². The van der Waals surface area contributed by atoms with E-state index in [9.17, 15) is 0 Å². The van der Waals surface area contributed by atoms with E-state index in [1.54, 1.807) is 27.7 Å². The molecule has 7 nitrogen and oxygen atoms in total. The number of hydrogen-bond donors (Lipinski definition) is 0. The minimum Gasteiger partial charge on any atom is -0.493 e. The Bertz CT molecular complexity index is 1110. The number of ether oxygens (including phenoxy) is 3. The van der Waals surface area contributed by atoms with Crippen LogP contribution in [0.3, 0.4) is 0 Å². The average molecular weight is 455 g/mol. The molecule has 3 heterocycles. The van der Waals surface area contributed by atoms with Crippen LogP contribution in [0.25, 0.3) is 10.2 Å². The summed E-state index contributed by atoms with van der Waals surface area (Å²) < 4.78 is 16.6. The van der Waals surface area contributed by atoms with Crippen molar-refractivity contribution in [2.24, 2.45) is 0 Å². The molecule has 170 valence electrons. The van der Waals surface area contributed by atoms with Crippen LogP contribution < -0.4 is 19.1 Å². The Morgan fingerprint density at radius 2 is 1.69 bits per heavy atom. The second-order valence-corrected chi connectivity index (χ2v) is 9.43. The quantitative estimate of drug-likeness (QED) is 0.559. The van der Waals surface area contributed by atoms with Gasteiger partial charge in [0.2, 0.25) is 5.75 Å². The average Bonchev–Trinajstić information content (AvgIpc) is 3.23. The summed E-state index contributed by atoms with van der Waals surface area (Å²) in [4.78, 5) is 16.9. The first-order chi connectivity index (χ1) is 15.7. The second kappa shape index (κ2) is 9.11. The lowest BCUT2D eigenvalue weighted by Crippen LogP contribution is -2.46. The Morgan fingerprint density at radius 1 is 0.906 bits per heavy atom. The van der Waals surface area contributed by atoms with E-state index in [2.05, 4.69) is 20.9 Å². The van der Waals surface area contributed by atoms with E-state index < -0.39 is 0 Å². The molecule has 5 rings (SSSR count). The van der Waals surface area contributed by atoms with Gasteiger partial charge in [0.15, 0.2) is 11.5 Å². The highest BCUT2D eigenvalue weighted by Gasteiger charge is 2.26. The third-order valence-corrected chi connectivity index (χ3v) is 7.78. The van der Waals surface area contributed by atoms with Crippen LogP contribution in [0.5, 0.6) is 17.2 Å². The lowest BCUT2D eigenvalue weighted by molar-refractivity contribution is 0.243. The number of benzene rings is 1. The molecule has 0 atom stereocenters. The van der Waals surface area contributed by atoms with Gasteiger partial charge in [0, 0.05) is 43.2 Å². The zero-order chi connectivity index (χ0) is 22.1. The van der Waals surface area contributed by atoms with Gasteiger partial charge in [0.05, 0.1) is 26.7 Å². The highest BCUT2D eigenvalue weighted by Crippen LogP contribution is 2.41. The number of fused-ring (bicyclic) bond motifs is 3. The number of nitrogens with zero attached hydrogens (tertiary/aromatic N) is 4. The Morgan fingerprint density at radius 3 is 2.44 bits per heavy atom. The minimum absolute atomic E-state index is 0.650. The Kier molecular flexibility index (Phi) is 6.06. The highest BCUT2D eigenvalue weighted by atomic mass is 32.1. The predicted octanol–water partition coefficient (Wildman–Crippen LogP) is 3.92. The summed E-state index contributed by atoms with van der Waals surface area (Å²) in [5.74, 6) is 3.20. The van der Waals surface area contributed by atoms with Crippen molar-refractivity contribution < 1.29 is 14.2 Å². The van der Waals surface area contributed by atoms with Gasteiger partial charge in [-0.25, -0.2) is 9.97 Å². The summed E-state index contributed by atoms with van der Waals surface area (Å²) >= 11 is 1.87. The van der Waals surface area contributed by atoms with Gasteiger partial charge >= 0.3 is 0 Å². The van der Waals surface area contributed by atoms with Crippen LogP contribution in [0.4, 0.5) is 5.82 Å². The first-order valence-electron chi connectivity index (χ1n) is 11.2. The molecule has 0 N–H and O–H groups in total. The SMILES string of the molecule is COc1ccc(CN2CCN(c3ncnc4sc5c(c34)CCCC5)CC2)c(OC)c1OC. The summed E-state index contributed by atoms with van der Waals surface area (Å²) in [5.41, 5.74) is 2.61. The van der Waals surface area contributed by atoms with Gasteiger partial charge in [-0.2, -0.15) is 0 Å². The van der Waals surface area contributed by atoms with Gasteiger partial charge in [-0.05, 0) is 37.3 Å². The maximum absolute atomic E-state index is 5.68. The molecule has 0 spiro atoms. The Balaban J connectivity index is 1.33. The van der Waals surface area contributed by atoms with Crippen LogP contribution >= 0.6 is 11.3 Å². The molecule has 1 aliphatic heterocycles. The standard InChI is InChI=1S/C24H30N4O3S/c1-29-18-9-8-16(21(30-2)22(18)31-3)14-27-10-12-28(13-11-27)23-20-17-6-4-5-7-19(17)32-24(20)26-15-25-23/h8-9,15H,4-7,10-14H2,1-3H3. The van der Waals surface area contributed by atoms with E-state index >= 15 is 0 Å². The fraction of sp³-hybridized carbons (Fsp3) is 0.500. The third kappa shape index (κ3) is 3.75. The van der Waals surface area contributed by atoms with E-state index in [1.807, 2.05) is 17.4 Å². The smallest absolute Gasteiger partial charge is 0.203 e. The van der Waals surface area contributed by atoms with E-state index in [4.69, 9.17) is 19.2 Å². The van der Waals surface area contributed by atoms with Crippen molar-refractivity contribution in [3.63, 3.8) is 0 Å². The van der Waals surface area contributed by atoms with Crippen molar-refractivity contribution in [1.82, 2.24) is 14.9 Å². The van der Waals surface area contributed by atoms with Crippen LogP contribution in [0.2, 0.25) is 0 Å². The normalized spacial score (nSPS) is 16.8. The monoisotopic (exact) mass is 454 g/mol. The molecule has 2 aliphatic rings. The number of hydrogen-bond acceptors (Lipinski definition) is 8. The minimum atomic E-state index is 0.650. The number of piperazine rings is 1. The van der Waals surface area contributed by atoms with E-state index in [-0.39, 0.29) is 0 Å². The maximum atomic E-state index is 5.68. The van der Waals surface area contributed by atoms with Crippen molar-refractivity contribution in [1.29, 1.82) is 0 Å². The van der Waals surface area contributed by atoms with Crippen molar-refractivity contribution in [3.05, 3.63) is 34.5 Å². The molecule has 8 heteroatoms. The molecule has 0 amide bonds. The molecule has 0 unspecified atom stereocenters. The number of rotatable bonds is 6. The predicted molar refractivity (Wildman–Crippen MR) is 128 cm³/mol.